The van der Waals surface area contributed by atoms with Crippen molar-refractivity contribution in [2.45, 2.75) is 26.9 Å². The van der Waals surface area contributed by atoms with E-state index in [4.69, 9.17) is 0 Å². The topological polar surface area (TPSA) is 0 Å². The van der Waals surface area contributed by atoms with E-state index in [9.17, 15) is 0 Å². The minimum atomic E-state index is -0.269. The average molecular weight is 149 g/mol. The molecule has 1 aliphatic carbocycles. The fraction of sp³-hybridized carbons (Fsp3) is 0.444. The molecule has 0 aromatic rings. The summed E-state index contributed by atoms with van der Waals surface area (Å²) in [6, 6.07) is 0. The third-order valence-electron chi connectivity index (χ3n) is 1.81. The van der Waals surface area contributed by atoms with E-state index in [1.807, 2.05) is 0 Å². The Morgan fingerprint density at radius 3 is 2.10 bits per heavy atom. The average Bonchev–Trinajstić information content (AvgIpc) is 2.13. The van der Waals surface area contributed by atoms with Crippen LogP contribution >= 0.6 is 0 Å². The zero-order chi connectivity index (χ0) is 7.72. The summed E-state index contributed by atoms with van der Waals surface area (Å²) in [7, 11) is -0.269. The molecule has 1 heteroatoms. The van der Waals surface area contributed by atoms with E-state index in [0.29, 0.717) is 0 Å². The molecule has 0 aliphatic heterocycles. The van der Waals surface area contributed by atoms with Crippen molar-refractivity contribution in [1.29, 1.82) is 0 Å². The van der Waals surface area contributed by atoms with Crippen molar-refractivity contribution in [3.8, 4) is 0 Å². The smallest absolute Gasteiger partial charge is 0.0136 e. The summed E-state index contributed by atoms with van der Waals surface area (Å²) in [4.78, 5) is 0. The van der Waals surface area contributed by atoms with Crippen molar-refractivity contribution < 1.29 is 0 Å². The van der Waals surface area contributed by atoms with Crippen molar-refractivity contribution in [3.05, 3.63) is 23.3 Å². The first-order valence-electron chi connectivity index (χ1n) is 3.58. The van der Waals surface area contributed by atoms with Crippen molar-refractivity contribution in [3.63, 3.8) is 0 Å². The molecule has 1 radical (unpaired) electrons. The van der Waals surface area contributed by atoms with Gasteiger partial charge in [-0.25, -0.2) is 0 Å². The molecule has 0 nitrogen and oxygen atoms in total. The number of hydrogen-bond acceptors (Lipinski definition) is 0. The van der Waals surface area contributed by atoms with Crippen LogP contribution in [0.15, 0.2) is 17.2 Å². The molecule has 0 heterocycles. The van der Waals surface area contributed by atoms with Gasteiger partial charge in [0.2, 0.25) is 0 Å². The highest BCUT2D eigenvalue weighted by molar-refractivity contribution is 6.72. The van der Waals surface area contributed by atoms with Crippen LogP contribution in [0.25, 0.3) is 0 Å². The van der Waals surface area contributed by atoms with Gasteiger partial charge in [0.1, 0.15) is 0 Å². The first-order chi connectivity index (χ1) is 4.61. The Morgan fingerprint density at radius 1 is 1.30 bits per heavy atom. The third kappa shape index (κ3) is 1.35. The molecule has 0 aromatic heterocycles. The SMILES string of the molecule is CC1=[C]C(=[Si](C)C)C=C1C. The Hall–Kier alpha value is -0.433. The molecular formula is C9H13Si. The van der Waals surface area contributed by atoms with Gasteiger partial charge in [0.15, 0.2) is 0 Å². The molecule has 0 fully saturated rings. The highest BCUT2D eigenvalue weighted by Gasteiger charge is 2.04. The van der Waals surface area contributed by atoms with E-state index in [2.05, 4.69) is 39.1 Å². The van der Waals surface area contributed by atoms with Gasteiger partial charge in [-0.1, -0.05) is 19.2 Å². The van der Waals surface area contributed by atoms with Crippen LogP contribution in [0, 0.1) is 6.08 Å². The number of allylic oxidation sites excluding steroid dienone is 4. The maximum absolute atomic E-state index is 3.39. The van der Waals surface area contributed by atoms with E-state index in [0.717, 1.165) is 0 Å². The molecule has 1 aliphatic rings. The van der Waals surface area contributed by atoms with Crippen LogP contribution in [-0.4, -0.2) is 13.6 Å². The Labute approximate surface area is 64.5 Å². The van der Waals surface area contributed by atoms with Gasteiger partial charge in [0.05, 0.1) is 0 Å². The van der Waals surface area contributed by atoms with Gasteiger partial charge in [0, 0.05) is 8.41 Å². The molecule has 53 valence electrons. The van der Waals surface area contributed by atoms with Gasteiger partial charge in [0.25, 0.3) is 0 Å². The Balaban J connectivity index is 3.05. The van der Waals surface area contributed by atoms with Gasteiger partial charge >= 0.3 is 0 Å². The van der Waals surface area contributed by atoms with Crippen molar-refractivity contribution >= 4 is 13.6 Å². The minimum Gasteiger partial charge on any atom is -0.0560 e. The predicted octanol–water partition coefficient (Wildman–Crippen LogP) is 2.20. The molecule has 0 spiro atoms. The highest BCUT2D eigenvalue weighted by Crippen LogP contribution is 2.14. The molecule has 0 amide bonds. The summed E-state index contributed by atoms with van der Waals surface area (Å²) < 4.78 is 0. The molecule has 0 bridgehead atoms. The standard InChI is InChI=1S/C9H13Si/c1-7-5-9(10(3)4)6-8(7)2/h5H,1-4H3. The summed E-state index contributed by atoms with van der Waals surface area (Å²) in [5.74, 6) is 0. The second-order valence-corrected chi connectivity index (χ2v) is 5.53. The van der Waals surface area contributed by atoms with Crippen LogP contribution < -0.4 is 0 Å². The molecule has 0 N–H and O–H groups in total. The summed E-state index contributed by atoms with van der Waals surface area (Å²) in [6.07, 6.45) is 5.66. The first-order valence-corrected chi connectivity index (χ1v) is 6.08. The lowest BCUT2D eigenvalue weighted by atomic mass is 10.2. The molecule has 0 saturated heterocycles. The lowest BCUT2D eigenvalue weighted by Gasteiger charge is -1.88. The zero-order valence-electron chi connectivity index (χ0n) is 7.08. The number of hydrogen-bond donors (Lipinski definition) is 0. The summed E-state index contributed by atoms with van der Waals surface area (Å²) in [5, 5.41) is 1.44. The second kappa shape index (κ2) is 2.66. The van der Waals surface area contributed by atoms with Crippen LogP contribution in [0.5, 0.6) is 0 Å². The molecule has 0 aromatic carbocycles. The van der Waals surface area contributed by atoms with Gasteiger partial charge in [-0.2, -0.15) is 0 Å². The molecule has 0 atom stereocenters. The summed E-state index contributed by atoms with van der Waals surface area (Å²) in [6.45, 7) is 8.88. The van der Waals surface area contributed by atoms with Gasteiger partial charge in [-0.15, -0.1) is 0 Å². The van der Waals surface area contributed by atoms with E-state index >= 15 is 0 Å². The minimum absolute atomic E-state index is 0.269. The summed E-state index contributed by atoms with van der Waals surface area (Å²) in [5.41, 5.74) is 2.71. The molecule has 10 heavy (non-hydrogen) atoms. The Bertz CT molecular complexity index is 217. The maximum atomic E-state index is 3.39. The lowest BCUT2D eigenvalue weighted by Crippen LogP contribution is -2.00. The quantitative estimate of drug-likeness (QED) is 0.463. The summed E-state index contributed by atoms with van der Waals surface area (Å²) >= 11 is 0. The molecule has 0 unspecified atom stereocenters. The van der Waals surface area contributed by atoms with Gasteiger partial charge in [-0.3, -0.25) is 0 Å². The first kappa shape index (κ1) is 7.67. The monoisotopic (exact) mass is 149 g/mol. The van der Waals surface area contributed by atoms with E-state index in [-0.39, 0.29) is 8.41 Å². The number of rotatable bonds is 0. The highest BCUT2D eigenvalue weighted by atomic mass is 28.2. The van der Waals surface area contributed by atoms with E-state index < -0.39 is 0 Å². The van der Waals surface area contributed by atoms with Crippen LogP contribution in [0.3, 0.4) is 0 Å². The molecular weight excluding hydrogens is 136 g/mol. The normalized spacial score (nSPS) is 17.0. The lowest BCUT2D eigenvalue weighted by molar-refractivity contribution is 1.38. The Kier molecular flexibility index (Phi) is 2.04. The Morgan fingerprint density at radius 2 is 1.90 bits per heavy atom. The largest absolute Gasteiger partial charge is 0.0560 e. The van der Waals surface area contributed by atoms with Crippen molar-refractivity contribution in [2.24, 2.45) is 0 Å². The van der Waals surface area contributed by atoms with Crippen molar-refractivity contribution in [1.82, 2.24) is 0 Å². The third-order valence-corrected chi connectivity index (χ3v) is 3.16. The molecule has 1 rings (SSSR count). The maximum Gasteiger partial charge on any atom is 0.0136 e. The van der Waals surface area contributed by atoms with E-state index in [1.54, 1.807) is 0 Å². The van der Waals surface area contributed by atoms with Gasteiger partial charge < -0.3 is 0 Å². The van der Waals surface area contributed by atoms with Crippen LogP contribution in [0.1, 0.15) is 13.8 Å². The van der Waals surface area contributed by atoms with Crippen LogP contribution in [-0.2, 0) is 0 Å². The fourth-order valence-electron chi connectivity index (χ4n) is 0.931. The zero-order valence-corrected chi connectivity index (χ0v) is 8.08. The van der Waals surface area contributed by atoms with Gasteiger partial charge in [-0.05, 0) is 36.2 Å². The van der Waals surface area contributed by atoms with Crippen LogP contribution in [0.4, 0.5) is 0 Å². The van der Waals surface area contributed by atoms with Crippen LogP contribution in [0.2, 0.25) is 13.1 Å². The van der Waals surface area contributed by atoms with E-state index in [1.165, 1.54) is 16.3 Å². The van der Waals surface area contributed by atoms with Crippen molar-refractivity contribution in [2.75, 3.05) is 0 Å². The molecule has 0 saturated carbocycles. The predicted molar refractivity (Wildman–Crippen MR) is 48.7 cm³/mol. The fourth-order valence-corrected chi connectivity index (χ4v) is 1.87. The second-order valence-electron chi connectivity index (χ2n) is 2.99.